The Balaban J connectivity index is 1.39. The fraction of sp³-hybridized carbons (Fsp3) is 0.500. The molecule has 0 saturated carbocycles. The minimum Gasteiger partial charge on any atom is -0.370 e. The summed E-state index contributed by atoms with van der Waals surface area (Å²) in [6.45, 7) is 5.64. The second-order valence-electron chi connectivity index (χ2n) is 6.53. The predicted molar refractivity (Wildman–Crippen MR) is 105 cm³/mol. The van der Waals surface area contributed by atoms with Crippen molar-refractivity contribution in [3.05, 3.63) is 28.9 Å². The molecular weight excluding hydrogens is 364 g/mol. The van der Waals surface area contributed by atoms with Crippen molar-refractivity contribution in [2.45, 2.75) is 33.1 Å². The van der Waals surface area contributed by atoms with E-state index in [-0.39, 0.29) is 24.2 Å². The number of aryl methyl sites for hydroxylation is 2. The van der Waals surface area contributed by atoms with Gasteiger partial charge in [-0.3, -0.25) is 14.5 Å². The highest BCUT2D eigenvalue weighted by atomic mass is 32.1. The van der Waals surface area contributed by atoms with Crippen LogP contribution in [0.4, 0.5) is 10.9 Å². The number of aromatic nitrogens is 3. The van der Waals surface area contributed by atoms with E-state index < -0.39 is 0 Å². The van der Waals surface area contributed by atoms with Gasteiger partial charge in [0.05, 0.1) is 5.92 Å². The number of hydrogen-bond acceptors (Lipinski definition) is 7. The van der Waals surface area contributed by atoms with Crippen LogP contribution in [0.25, 0.3) is 0 Å². The Labute approximate surface area is 162 Å². The maximum atomic E-state index is 12.3. The number of amides is 2. The van der Waals surface area contributed by atoms with Gasteiger partial charge >= 0.3 is 0 Å². The molecule has 1 fully saturated rings. The zero-order valence-electron chi connectivity index (χ0n) is 15.6. The molecule has 0 radical (unpaired) electrons. The first-order valence-electron chi connectivity index (χ1n) is 9.13. The van der Waals surface area contributed by atoms with Gasteiger partial charge in [0.15, 0.2) is 0 Å². The van der Waals surface area contributed by atoms with Gasteiger partial charge in [-0.25, -0.2) is 4.98 Å². The van der Waals surface area contributed by atoms with Crippen LogP contribution in [0.5, 0.6) is 0 Å². The molecular formula is C18H24N6O2S. The topological polar surface area (TPSA) is 100 Å². The maximum Gasteiger partial charge on any atom is 0.229 e. The van der Waals surface area contributed by atoms with E-state index in [0.717, 1.165) is 35.8 Å². The number of pyridine rings is 1. The molecule has 1 unspecified atom stereocenters. The molecule has 3 rings (SSSR count). The summed E-state index contributed by atoms with van der Waals surface area (Å²) in [7, 11) is 0. The van der Waals surface area contributed by atoms with Crippen LogP contribution in [0.1, 0.15) is 30.3 Å². The summed E-state index contributed by atoms with van der Waals surface area (Å²) in [5.74, 6) is 0.339. The third kappa shape index (κ3) is 5.00. The van der Waals surface area contributed by atoms with Crippen LogP contribution in [-0.2, 0) is 16.0 Å². The number of nitrogens with zero attached hydrogens (tertiary/aromatic N) is 4. The molecule has 1 saturated heterocycles. The number of hydrogen-bond donors (Lipinski definition) is 2. The minimum absolute atomic E-state index is 0.0685. The largest absolute Gasteiger partial charge is 0.370 e. The quantitative estimate of drug-likeness (QED) is 0.669. The first-order valence-corrected chi connectivity index (χ1v) is 9.95. The van der Waals surface area contributed by atoms with Crippen molar-refractivity contribution in [2.24, 2.45) is 5.92 Å². The lowest BCUT2D eigenvalue weighted by Crippen LogP contribution is -2.34. The van der Waals surface area contributed by atoms with Gasteiger partial charge in [-0.2, -0.15) is 0 Å². The highest BCUT2D eigenvalue weighted by molar-refractivity contribution is 7.15. The van der Waals surface area contributed by atoms with Crippen LogP contribution >= 0.6 is 11.3 Å². The zero-order valence-corrected chi connectivity index (χ0v) is 16.4. The van der Waals surface area contributed by atoms with Crippen molar-refractivity contribution in [1.29, 1.82) is 0 Å². The highest BCUT2D eigenvalue weighted by Gasteiger charge is 2.36. The molecule has 2 amide bonds. The van der Waals surface area contributed by atoms with E-state index >= 15 is 0 Å². The van der Waals surface area contributed by atoms with Gasteiger partial charge in [0, 0.05) is 32.3 Å². The molecule has 1 atom stereocenters. The standard InChI is InChI=1S/C18H24N6O2S/c1-3-15-22-23-18(27-15)24-11-13(9-16(24)25)17(26)20-8-4-7-19-14-6-5-12(2)10-21-14/h5-6,10,13H,3-4,7-9,11H2,1-2H3,(H,19,21)(H,20,26). The van der Waals surface area contributed by atoms with Crippen molar-refractivity contribution < 1.29 is 9.59 Å². The number of rotatable bonds is 8. The Morgan fingerprint density at radius 1 is 1.33 bits per heavy atom. The van der Waals surface area contributed by atoms with Crippen molar-refractivity contribution >= 4 is 34.1 Å². The second-order valence-corrected chi connectivity index (χ2v) is 7.57. The first kappa shape index (κ1) is 19.2. The Hall–Kier alpha value is -2.55. The Bertz CT molecular complexity index is 791. The lowest BCUT2D eigenvalue weighted by atomic mass is 10.1. The molecule has 2 N–H and O–H groups in total. The van der Waals surface area contributed by atoms with Gasteiger partial charge in [-0.1, -0.05) is 24.3 Å². The molecule has 2 aromatic rings. The van der Waals surface area contributed by atoms with Gasteiger partial charge in [-0.05, 0) is 31.4 Å². The van der Waals surface area contributed by atoms with Crippen LogP contribution in [-0.4, -0.2) is 46.6 Å². The van der Waals surface area contributed by atoms with Gasteiger partial charge in [0.25, 0.3) is 0 Å². The molecule has 0 aliphatic carbocycles. The normalized spacial score (nSPS) is 16.6. The van der Waals surface area contributed by atoms with Crippen LogP contribution in [0.2, 0.25) is 0 Å². The van der Waals surface area contributed by atoms with E-state index in [1.165, 1.54) is 11.3 Å². The average molecular weight is 388 g/mol. The molecule has 0 aromatic carbocycles. The summed E-state index contributed by atoms with van der Waals surface area (Å²) in [5.41, 5.74) is 1.12. The molecule has 0 spiro atoms. The van der Waals surface area contributed by atoms with Crippen LogP contribution in [0.3, 0.4) is 0 Å². The summed E-state index contributed by atoms with van der Waals surface area (Å²) in [6, 6.07) is 3.94. The average Bonchev–Trinajstić information content (AvgIpc) is 3.29. The molecule has 2 aromatic heterocycles. The highest BCUT2D eigenvalue weighted by Crippen LogP contribution is 2.28. The SMILES string of the molecule is CCc1nnc(N2CC(C(=O)NCCCNc3ccc(C)cn3)CC2=O)s1. The zero-order chi connectivity index (χ0) is 19.2. The summed E-state index contributed by atoms with van der Waals surface area (Å²) in [4.78, 5) is 30.4. The molecule has 27 heavy (non-hydrogen) atoms. The summed E-state index contributed by atoms with van der Waals surface area (Å²) >= 11 is 1.41. The predicted octanol–water partition coefficient (Wildman–Crippen LogP) is 1.78. The fourth-order valence-electron chi connectivity index (χ4n) is 2.80. The monoisotopic (exact) mass is 388 g/mol. The first-order chi connectivity index (χ1) is 13.1. The fourth-order valence-corrected chi connectivity index (χ4v) is 3.60. The number of nitrogens with one attached hydrogen (secondary N) is 2. The van der Waals surface area contributed by atoms with E-state index in [0.29, 0.717) is 18.2 Å². The van der Waals surface area contributed by atoms with E-state index in [1.54, 1.807) is 4.90 Å². The molecule has 3 heterocycles. The number of carbonyl (C=O) groups excluding carboxylic acids is 2. The van der Waals surface area contributed by atoms with Crippen molar-refractivity contribution in [3.8, 4) is 0 Å². The summed E-state index contributed by atoms with van der Waals surface area (Å²) in [5, 5.41) is 15.7. The summed E-state index contributed by atoms with van der Waals surface area (Å²) in [6.07, 6.45) is 3.60. The van der Waals surface area contributed by atoms with Crippen molar-refractivity contribution in [1.82, 2.24) is 20.5 Å². The molecule has 9 heteroatoms. The maximum absolute atomic E-state index is 12.3. The van der Waals surface area contributed by atoms with Crippen molar-refractivity contribution in [3.63, 3.8) is 0 Å². The second kappa shape index (κ2) is 8.90. The third-order valence-electron chi connectivity index (χ3n) is 4.36. The van der Waals surface area contributed by atoms with Gasteiger partial charge < -0.3 is 10.6 Å². The lowest BCUT2D eigenvalue weighted by Gasteiger charge is -2.13. The van der Waals surface area contributed by atoms with Crippen LogP contribution < -0.4 is 15.5 Å². The Morgan fingerprint density at radius 3 is 2.89 bits per heavy atom. The minimum atomic E-state index is -0.335. The molecule has 0 bridgehead atoms. The lowest BCUT2D eigenvalue weighted by molar-refractivity contribution is -0.126. The van der Waals surface area contributed by atoms with E-state index in [1.807, 2.05) is 32.2 Å². The van der Waals surface area contributed by atoms with Gasteiger partial charge in [0.1, 0.15) is 10.8 Å². The molecule has 8 nitrogen and oxygen atoms in total. The van der Waals surface area contributed by atoms with E-state index in [9.17, 15) is 9.59 Å². The summed E-state index contributed by atoms with van der Waals surface area (Å²) < 4.78 is 0. The van der Waals surface area contributed by atoms with E-state index in [2.05, 4.69) is 25.8 Å². The van der Waals surface area contributed by atoms with Crippen LogP contribution in [0, 0.1) is 12.8 Å². The van der Waals surface area contributed by atoms with Gasteiger partial charge in [-0.15, -0.1) is 10.2 Å². The molecule has 144 valence electrons. The van der Waals surface area contributed by atoms with Crippen molar-refractivity contribution in [2.75, 3.05) is 29.9 Å². The Morgan fingerprint density at radius 2 is 2.19 bits per heavy atom. The number of anilines is 2. The van der Waals surface area contributed by atoms with E-state index in [4.69, 9.17) is 0 Å². The number of carbonyl (C=O) groups is 2. The van der Waals surface area contributed by atoms with Gasteiger partial charge in [0.2, 0.25) is 16.9 Å². The van der Waals surface area contributed by atoms with Crippen LogP contribution in [0.15, 0.2) is 18.3 Å². The third-order valence-corrected chi connectivity index (χ3v) is 5.45. The smallest absolute Gasteiger partial charge is 0.229 e. The molecule has 1 aliphatic heterocycles. The molecule has 1 aliphatic rings. The Kier molecular flexibility index (Phi) is 6.33.